The molecular weight excluding hydrogens is 320 g/mol. The van der Waals surface area contributed by atoms with Crippen molar-refractivity contribution in [2.75, 3.05) is 11.9 Å². The SMILES string of the molecule is Cc1ccccc1N(C)Cc1ccc(Br)c([N+](=O)[O-])c1. The van der Waals surface area contributed by atoms with Gasteiger partial charge in [-0.25, -0.2) is 0 Å². The maximum Gasteiger partial charge on any atom is 0.283 e. The normalized spacial score (nSPS) is 10.3. The number of anilines is 1. The molecule has 0 aliphatic rings. The molecule has 0 aromatic heterocycles. The summed E-state index contributed by atoms with van der Waals surface area (Å²) in [6, 6.07) is 13.3. The highest BCUT2D eigenvalue weighted by molar-refractivity contribution is 9.10. The van der Waals surface area contributed by atoms with E-state index in [9.17, 15) is 10.1 Å². The Morgan fingerprint density at radius 2 is 1.95 bits per heavy atom. The van der Waals surface area contributed by atoms with E-state index in [4.69, 9.17) is 0 Å². The maximum atomic E-state index is 10.9. The van der Waals surface area contributed by atoms with Gasteiger partial charge in [-0.2, -0.15) is 0 Å². The Kier molecular flexibility index (Phi) is 4.39. The molecule has 0 radical (unpaired) electrons. The number of nitrogens with zero attached hydrogens (tertiary/aromatic N) is 2. The Labute approximate surface area is 126 Å². The Balaban J connectivity index is 2.24. The van der Waals surface area contributed by atoms with Gasteiger partial charge in [0.2, 0.25) is 0 Å². The molecule has 0 heterocycles. The van der Waals surface area contributed by atoms with Gasteiger partial charge >= 0.3 is 0 Å². The van der Waals surface area contributed by atoms with Gasteiger partial charge in [-0.3, -0.25) is 10.1 Å². The fourth-order valence-electron chi connectivity index (χ4n) is 2.15. The monoisotopic (exact) mass is 334 g/mol. The average molecular weight is 335 g/mol. The molecule has 0 N–H and O–H groups in total. The van der Waals surface area contributed by atoms with Crippen molar-refractivity contribution < 1.29 is 4.92 Å². The van der Waals surface area contributed by atoms with Crippen molar-refractivity contribution in [1.29, 1.82) is 0 Å². The van der Waals surface area contributed by atoms with Gasteiger partial charge in [-0.05, 0) is 46.1 Å². The summed E-state index contributed by atoms with van der Waals surface area (Å²) in [4.78, 5) is 12.7. The highest BCUT2D eigenvalue weighted by atomic mass is 79.9. The molecule has 2 aromatic rings. The van der Waals surface area contributed by atoms with Crippen LogP contribution in [0.3, 0.4) is 0 Å². The van der Waals surface area contributed by atoms with Crippen molar-refractivity contribution in [2.24, 2.45) is 0 Å². The first kappa shape index (κ1) is 14.5. The first-order valence-corrected chi connectivity index (χ1v) is 6.98. The lowest BCUT2D eigenvalue weighted by Gasteiger charge is -2.21. The predicted molar refractivity (Wildman–Crippen MR) is 84.1 cm³/mol. The molecule has 20 heavy (non-hydrogen) atoms. The topological polar surface area (TPSA) is 46.4 Å². The number of nitro benzene ring substituents is 1. The van der Waals surface area contributed by atoms with Crippen LogP contribution in [0.1, 0.15) is 11.1 Å². The van der Waals surface area contributed by atoms with Gasteiger partial charge in [0.25, 0.3) is 5.69 Å². The number of para-hydroxylation sites is 1. The largest absolute Gasteiger partial charge is 0.370 e. The van der Waals surface area contributed by atoms with Crippen molar-refractivity contribution in [3.8, 4) is 0 Å². The Morgan fingerprint density at radius 1 is 1.25 bits per heavy atom. The number of benzene rings is 2. The number of hydrogen-bond acceptors (Lipinski definition) is 3. The summed E-state index contributed by atoms with van der Waals surface area (Å²) in [6.45, 7) is 2.68. The molecule has 104 valence electrons. The molecule has 0 saturated carbocycles. The summed E-state index contributed by atoms with van der Waals surface area (Å²) in [5, 5.41) is 10.9. The molecule has 2 rings (SSSR count). The Morgan fingerprint density at radius 3 is 2.60 bits per heavy atom. The van der Waals surface area contributed by atoms with Crippen LogP contribution in [-0.2, 0) is 6.54 Å². The summed E-state index contributed by atoms with van der Waals surface area (Å²) in [6.07, 6.45) is 0. The number of hydrogen-bond donors (Lipinski definition) is 0. The molecule has 0 saturated heterocycles. The van der Waals surface area contributed by atoms with Gasteiger partial charge in [-0.15, -0.1) is 0 Å². The first-order chi connectivity index (χ1) is 9.49. The zero-order chi connectivity index (χ0) is 14.7. The molecule has 2 aromatic carbocycles. The van der Waals surface area contributed by atoms with Crippen LogP contribution < -0.4 is 4.90 Å². The third kappa shape index (κ3) is 3.17. The molecule has 0 amide bonds. The zero-order valence-electron chi connectivity index (χ0n) is 11.3. The third-order valence-corrected chi connectivity index (χ3v) is 3.82. The van der Waals surface area contributed by atoms with E-state index < -0.39 is 0 Å². The minimum atomic E-state index is -0.374. The molecule has 4 nitrogen and oxygen atoms in total. The third-order valence-electron chi connectivity index (χ3n) is 3.15. The fourth-order valence-corrected chi connectivity index (χ4v) is 2.54. The lowest BCUT2D eigenvalue weighted by atomic mass is 10.1. The van der Waals surface area contributed by atoms with Crippen LogP contribution in [-0.4, -0.2) is 12.0 Å². The number of halogens is 1. The molecule has 0 aliphatic carbocycles. The Hall–Kier alpha value is -1.88. The van der Waals surface area contributed by atoms with Crippen molar-refractivity contribution in [1.82, 2.24) is 0 Å². The standard InChI is InChI=1S/C15H15BrN2O2/c1-11-5-3-4-6-14(11)17(2)10-12-7-8-13(16)15(9-12)18(19)20/h3-9H,10H2,1-2H3. The second-order valence-electron chi connectivity index (χ2n) is 4.69. The van der Waals surface area contributed by atoms with E-state index in [-0.39, 0.29) is 10.6 Å². The van der Waals surface area contributed by atoms with Gasteiger partial charge in [0, 0.05) is 25.3 Å². The summed E-state index contributed by atoms with van der Waals surface area (Å²) >= 11 is 3.20. The van der Waals surface area contributed by atoms with Crippen molar-refractivity contribution in [3.63, 3.8) is 0 Å². The highest BCUT2D eigenvalue weighted by Gasteiger charge is 2.13. The van der Waals surface area contributed by atoms with E-state index in [1.54, 1.807) is 12.1 Å². The van der Waals surface area contributed by atoms with E-state index in [1.807, 2.05) is 31.3 Å². The second-order valence-corrected chi connectivity index (χ2v) is 5.54. The first-order valence-electron chi connectivity index (χ1n) is 6.18. The number of nitro groups is 1. The predicted octanol–water partition coefficient (Wildman–Crippen LogP) is 4.30. The maximum absolute atomic E-state index is 10.9. The van der Waals surface area contributed by atoms with Crippen LogP contribution in [0.2, 0.25) is 0 Å². The molecule has 0 aliphatic heterocycles. The quantitative estimate of drug-likeness (QED) is 0.618. The Bertz CT molecular complexity index is 644. The lowest BCUT2D eigenvalue weighted by molar-refractivity contribution is -0.385. The number of aryl methyl sites for hydroxylation is 1. The van der Waals surface area contributed by atoms with E-state index >= 15 is 0 Å². The van der Waals surface area contributed by atoms with Gasteiger partial charge in [0.15, 0.2) is 0 Å². The molecule has 5 heteroatoms. The van der Waals surface area contributed by atoms with Crippen LogP contribution in [0.25, 0.3) is 0 Å². The van der Waals surface area contributed by atoms with Gasteiger partial charge in [0.1, 0.15) is 0 Å². The summed E-state index contributed by atoms with van der Waals surface area (Å²) in [5.41, 5.74) is 3.31. The lowest BCUT2D eigenvalue weighted by Crippen LogP contribution is -2.17. The van der Waals surface area contributed by atoms with Crippen LogP contribution in [0.5, 0.6) is 0 Å². The van der Waals surface area contributed by atoms with E-state index in [0.29, 0.717) is 11.0 Å². The van der Waals surface area contributed by atoms with Gasteiger partial charge in [-0.1, -0.05) is 24.3 Å². The van der Waals surface area contributed by atoms with Crippen molar-refractivity contribution in [2.45, 2.75) is 13.5 Å². The van der Waals surface area contributed by atoms with Crippen LogP contribution in [0.4, 0.5) is 11.4 Å². The molecule has 0 bridgehead atoms. The van der Waals surface area contributed by atoms with Gasteiger partial charge in [0.05, 0.1) is 9.40 Å². The average Bonchev–Trinajstić information content (AvgIpc) is 2.41. The molecule has 0 atom stereocenters. The summed E-state index contributed by atoms with van der Waals surface area (Å²) in [5.74, 6) is 0. The van der Waals surface area contributed by atoms with Crippen molar-refractivity contribution in [3.05, 3.63) is 68.2 Å². The molecule has 0 fully saturated rings. The number of rotatable bonds is 4. The highest BCUT2D eigenvalue weighted by Crippen LogP contribution is 2.27. The molecule has 0 unspecified atom stereocenters. The molecule has 0 spiro atoms. The minimum Gasteiger partial charge on any atom is -0.370 e. The van der Waals surface area contributed by atoms with E-state index in [0.717, 1.165) is 11.3 Å². The minimum absolute atomic E-state index is 0.0979. The fraction of sp³-hybridized carbons (Fsp3) is 0.200. The summed E-state index contributed by atoms with van der Waals surface area (Å²) < 4.78 is 0.504. The van der Waals surface area contributed by atoms with E-state index in [1.165, 1.54) is 5.56 Å². The van der Waals surface area contributed by atoms with Crippen molar-refractivity contribution >= 4 is 27.3 Å². The zero-order valence-corrected chi connectivity index (χ0v) is 12.9. The van der Waals surface area contributed by atoms with Crippen LogP contribution in [0.15, 0.2) is 46.9 Å². The van der Waals surface area contributed by atoms with Crippen LogP contribution >= 0.6 is 15.9 Å². The van der Waals surface area contributed by atoms with Gasteiger partial charge < -0.3 is 4.90 Å². The van der Waals surface area contributed by atoms with Crippen LogP contribution in [0, 0.1) is 17.0 Å². The molecular formula is C15H15BrN2O2. The summed E-state index contributed by atoms with van der Waals surface area (Å²) in [7, 11) is 1.98. The second kappa shape index (κ2) is 6.05. The smallest absolute Gasteiger partial charge is 0.283 e. The van der Waals surface area contributed by atoms with E-state index in [2.05, 4.69) is 33.8 Å².